The van der Waals surface area contributed by atoms with Crippen LogP contribution in [0.25, 0.3) is 0 Å². The van der Waals surface area contributed by atoms with Crippen molar-refractivity contribution in [1.82, 2.24) is 0 Å². The summed E-state index contributed by atoms with van der Waals surface area (Å²) in [7, 11) is 5.78. The lowest BCUT2D eigenvalue weighted by atomic mass is 9.81. The van der Waals surface area contributed by atoms with Crippen molar-refractivity contribution in [3.8, 4) is 0 Å². The van der Waals surface area contributed by atoms with Crippen LogP contribution in [0, 0.1) is 16.2 Å². The summed E-state index contributed by atoms with van der Waals surface area (Å²) in [5.41, 5.74) is -1.55. The third-order valence-electron chi connectivity index (χ3n) is 2.77. The molecule has 0 spiro atoms. The van der Waals surface area contributed by atoms with Crippen LogP contribution in [0.2, 0.25) is 5.82 Å². The molecule has 0 saturated heterocycles. The van der Waals surface area contributed by atoms with Gasteiger partial charge in [-0.1, -0.05) is 0 Å². The molecule has 0 amide bonds. The number of alkyl halides is 1. The molecule has 0 bridgehead atoms. The van der Waals surface area contributed by atoms with Gasteiger partial charge in [-0.15, -0.1) is 0 Å². The molecule has 0 aliphatic heterocycles. The first kappa shape index (κ1) is 20.6. The Morgan fingerprint density at radius 1 is 1.14 bits per heavy atom. The maximum Gasteiger partial charge on any atom is 0.311 e. The van der Waals surface area contributed by atoms with Crippen molar-refractivity contribution in [2.24, 2.45) is 10.8 Å². The Morgan fingerprint density at radius 3 is 1.95 bits per heavy atom. The van der Waals surface area contributed by atoms with Crippen LogP contribution in [-0.4, -0.2) is 44.9 Å². The molecule has 0 aromatic rings. The summed E-state index contributed by atoms with van der Waals surface area (Å²) in [5.74, 6) is -2.19. The lowest BCUT2D eigenvalue weighted by molar-refractivity contribution is -0.163. The Labute approximate surface area is 132 Å². The van der Waals surface area contributed by atoms with Gasteiger partial charge in [-0.3, -0.25) is 9.59 Å². The van der Waals surface area contributed by atoms with E-state index in [1.54, 1.807) is 41.5 Å². The average molecular weight is 313 g/mol. The molecule has 5 nitrogen and oxygen atoms in total. The van der Waals surface area contributed by atoms with Crippen LogP contribution in [0.5, 0.6) is 0 Å². The molecule has 0 heterocycles. The Bertz CT molecular complexity index is 415. The van der Waals surface area contributed by atoms with Gasteiger partial charge in [0.2, 0.25) is 0 Å². The van der Waals surface area contributed by atoms with Crippen LogP contribution in [0.3, 0.4) is 0 Å². The average Bonchev–Trinajstić information content (AvgIpc) is 2.38. The second kappa shape index (κ2) is 7.74. The van der Waals surface area contributed by atoms with E-state index >= 15 is 0 Å². The van der Waals surface area contributed by atoms with Gasteiger partial charge >= 0.3 is 11.9 Å². The summed E-state index contributed by atoms with van der Waals surface area (Å²) >= 11 is 0. The van der Waals surface area contributed by atoms with E-state index in [-0.39, 0.29) is 6.61 Å². The molecule has 7 heteroatoms. The zero-order chi connectivity index (χ0) is 17.7. The smallest absolute Gasteiger partial charge is 0.311 e. The van der Waals surface area contributed by atoms with Crippen LogP contribution in [0.1, 0.15) is 41.5 Å². The lowest BCUT2D eigenvalue weighted by Gasteiger charge is -2.29. The number of ether oxygens (including phenoxy) is 2. The van der Waals surface area contributed by atoms with Gasteiger partial charge in [0.1, 0.15) is 6.10 Å². The van der Waals surface area contributed by atoms with Gasteiger partial charge in [0.05, 0.1) is 25.3 Å². The highest BCUT2D eigenvalue weighted by Crippen LogP contribution is 2.24. The van der Waals surface area contributed by atoms with E-state index in [9.17, 15) is 14.0 Å². The number of nitrogens with one attached hydrogen (secondary N) is 1. The van der Waals surface area contributed by atoms with E-state index in [1.807, 2.05) is 0 Å². The fraction of sp³-hybridized carbons (Fsp3) is 0.800. The first-order valence-electron chi connectivity index (χ1n) is 7.09. The van der Waals surface area contributed by atoms with Crippen LogP contribution in [0.4, 0.5) is 4.39 Å². The number of carbonyl (C=O) groups is 2. The molecule has 0 aromatic heterocycles. The highest BCUT2D eigenvalue weighted by Gasteiger charge is 2.34. The molecular weight excluding hydrogens is 288 g/mol. The van der Waals surface area contributed by atoms with Gasteiger partial charge in [-0.2, -0.15) is 0 Å². The normalized spacial score (nSPS) is 16.3. The Kier molecular flexibility index (Phi) is 7.25. The first-order valence-corrected chi connectivity index (χ1v) is 7.09. The molecular formula is C15H25BFNO4. The van der Waals surface area contributed by atoms with E-state index in [0.717, 1.165) is 0 Å². The molecule has 0 aliphatic carbocycles. The van der Waals surface area contributed by atoms with E-state index < -0.39 is 40.9 Å². The van der Waals surface area contributed by atoms with Gasteiger partial charge in [0, 0.05) is 6.21 Å². The summed E-state index contributed by atoms with van der Waals surface area (Å²) in [6, 6.07) is 0. The molecule has 0 aromatic carbocycles. The third kappa shape index (κ3) is 6.58. The van der Waals surface area contributed by atoms with Crippen LogP contribution >= 0.6 is 0 Å². The van der Waals surface area contributed by atoms with Gasteiger partial charge in [0.25, 0.3) is 0 Å². The minimum absolute atomic E-state index is 0.299. The fourth-order valence-corrected chi connectivity index (χ4v) is 1.27. The van der Waals surface area contributed by atoms with Crippen molar-refractivity contribution < 1.29 is 23.5 Å². The van der Waals surface area contributed by atoms with Crippen molar-refractivity contribution in [3.05, 3.63) is 0 Å². The van der Waals surface area contributed by atoms with Gasteiger partial charge < -0.3 is 14.9 Å². The van der Waals surface area contributed by atoms with E-state index in [1.165, 1.54) is 0 Å². The van der Waals surface area contributed by atoms with E-state index in [4.69, 9.17) is 22.7 Å². The molecule has 124 valence electrons. The Morgan fingerprint density at radius 2 is 1.59 bits per heavy atom. The van der Waals surface area contributed by atoms with Crippen LogP contribution in [-0.2, 0) is 19.1 Å². The molecule has 2 radical (unpaired) electrons. The number of hydrogen-bond donors (Lipinski definition) is 1. The zero-order valence-electron chi connectivity index (χ0n) is 14.1. The molecule has 1 unspecified atom stereocenters. The summed E-state index contributed by atoms with van der Waals surface area (Å²) in [6.45, 7) is 9.58. The summed E-state index contributed by atoms with van der Waals surface area (Å²) in [6.07, 6.45) is -2.74. The monoisotopic (exact) mass is 313 g/mol. The topological polar surface area (TPSA) is 76.5 Å². The Hall–Kier alpha value is -1.40. The molecule has 3 atom stereocenters. The van der Waals surface area contributed by atoms with Crippen molar-refractivity contribution in [3.63, 3.8) is 0 Å². The highest BCUT2D eigenvalue weighted by atomic mass is 19.1. The standard InChI is InChI=1S/C15H25BFNO4/c1-14(2,3)12(19)21-8-9(16)11(10(17)7-18)22-13(20)15(4,5)6/h7,9-11,18H,8H2,1-6H3/t9-,10+,11?/m0/s1. The van der Waals surface area contributed by atoms with Crippen LogP contribution in [0.15, 0.2) is 0 Å². The lowest BCUT2D eigenvalue weighted by Crippen LogP contribution is -2.39. The number of halogens is 1. The second-order valence-electron chi connectivity index (χ2n) is 7.24. The minimum Gasteiger partial charge on any atom is -0.466 e. The first-order chi connectivity index (χ1) is 9.80. The summed E-state index contributed by atoms with van der Waals surface area (Å²) < 4.78 is 23.9. The number of esters is 2. The summed E-state index contributed by atoms with van der Waals surface area (Å²) in [5, 5.41) is 6.99. The van der Waals surface area contributed by atoms with Crippen molar-refractivity contribution in [1.29, 1.82) is 5.41 Å². The molecule has 0 aliphatic rings. The second-order valence-corrected chi connectivity index (χ2v) is 7.24. The molecule has 0 rings (SSSR count). The predicted octanol–water partition coefficient (Wildman–Crippen LogP) is 2.48. The van der Waals surface area contributed by atoms with Gasteiger partial charge in [-0.25, -0.2) is 4.39 Å². The number of carbonyl (C=O) groups excluding carboxylic acids is 2. The quantitative estimate of drug-likeness (QED) is 0.464. The van der Waals surface area contributed by atoms with Crippen molar-refractivity contribution in [2.45, 2.75) is 59.6 Å². The zero-order valence-corrected chi connectivity index (χ0v) is 14.1. The largest absolute Gasteiger partial charge is 0.466 e. The van der Waals surface area contributed by atoms with E-state index in [2.05, 4.69) is 0 Å². The fourth-order valence-electron chi connectivity index (χ4n) is 1.27. The van der Waals surface area contributed by atoms with Crippen molar-refractivity contribution >= 4 is 26.0 Å². The SMILES string of the molecule is [B][C@@H](COC(=O)C(C)(C)C)C(OC(=O)C(C)(C)C)[C@H](F)C=N. The number of rotatable bonds is 6. The predicted molar refractivity (Wildman–Crippen MR) is 82.9 cm³/mol. The highest BCUT2D eigenvalue weighted by molar-refractivity contribution is 6.12. The third-order valence-corrected chi connectivity index (χ3v) is 2.77. The molecule has 1 N–H and O–H groups in total. The van der Waals surface area contributed by atoms with Gasteiger partial charge in [0.15, 0.2) is 6.17 Å². The Balaban J connectivity index is 4.87. The molecule has 22 heavy (non-hydrogen) atoms. The minimum atomic E-state index is -1.87. The molecule has 0 fully saturated rings. The van der Waals surface area contributed by atoms with Crippen LogP contribution < -0.4 is 0 Å². The maximum absolute atomic E-state index is 13.8. The molecule has 0 saturated carbocycles. The summed E-state index contributed by atoms with van der Waals surface area (Å²) in [4.78, 5) is 23.6. The maximum atomic E-state index is 13.8. The van der Waals surface area contributed by atoms with Gasteiger partial charge in [-0.05, 0) is 47.4 Å². The van der Waals surface area contributed by atoms with Crippen molar-refractivity contribution in [2.75, 3.05) is 6.61 Å². The number of hydrogen-bond acceptors (Lipinski definition) is 5. The van der Waals surface area contributed by atoms with E-state index in [0.29, 0.717) is 6.21 Å².